The van der Waals surface area contributed by atoms with Crippen LogP contribution in [0.4, 0.5) is 10.5 Å². The number of anilines is 1. The second kappa shape index (κ2) is 8.63. The lowest BCUT2D eigenvalue weighted by molar-refractivity contribution is -0.136. The van der Waals surface area contributed by atoms with Crippen molar-refractivity contribution in [2.45, 2.75) is 45.9 Å². The van der Waals surface area contributed by atoms with Gasteiger partial charge in [0, 0.05) is 29.2 Å². The highest BCUT2D eigenvalue weighted by Crippen LogP contribution is 2.29. The Morgan fingerprint density at radius 2 is 1.97 bits per heavy atom. The minimum absolute atomic E-state index is 0.0244. The Morgan fingerprint density at radius 3 is 2.72 bits per heavy atom. The third-order valence-electron chi connectivity index (χ3n) is 5.70. The van der Waals surface area contributed by atoms with Gasteiger partial charge in [0.25, 0.3) is 5.91 Å². The molecule has 1 unspecified atom stereocenters. The molecule has 2 aromatic rings. The van der Waals surface area contributed by atoms with Gasteiger partial charge in [-0.25, -0.2) is 4.79 Å². The predicted octanol–water partition coefficient (Wildman–Crippen LogP) is 3.47. The number of nitrogens with one attached hydrogen (secondary N) is 2. The van der Waals surface area contributed by atoms with Crippen molar-refractivity contribution in [1.82, 2.24) is 10.2 Å². The van der Waals surface area contributed by atoms with Crippen molar-refractivity contribution in [1.29, 1.82) is 0 Å². The summed E-state index contributed by atoms with van der Waals surface area (Å²) in [6.07, 6.45) is -0.121. The summed E-state index contributed by atoms with van der Waals surface area (Å²) < 4.78 is 5.30. The highest BCUT2D eigenvalue weighted by atomic mass is 35.5. The highest BCUT2D eigenvalue weighted by molar-refractivity contribution is 6.31. The molecule has 4 rings (SSSR count). The Morgan fingerprint density at radius 1 is 1.19 bits per heavy atom. The summed E-state index contributed by atoms with van der Waals surface area (Å²) in [6, 6.07) is 8.12. The van der Waals surface area contributed by atoms with Crippen LogP contribution in [0.1, 0.15) is 45.5 Å². The van der Waals surface area contributed by atoms with Crippen LogP contribution < -0.4 is 10.6 Å². The van der Waals surface area contributed by atoms with E-state index >= 15 is 0 Å². The molecular formula is C23H22ClN3O5. The number of hydrogen-bond donors (Lipinski definition) is 2. The van der Waals surface area contributed by atoms with E-state index in [4.69, 9.17) is 16.3 Å². The lowest BCUT2D eigenvalue weighted by Crippen LogP contribution is -2.52. The van der Waals surface area contributed by atoms with Gasteiger partial charge in [-0.1, -0.05) is 29.8 Å². The van der Waals surface area contributed by atoms with Crippen molar-refractivity contribution >= 4 is 41.1 Å². The van der Waals surface area contributed by atoms with Crippen LogP contribution >= 0.6 is 11.6 Å². The van der Waals surface area contributed by atoms with Crippen LogP contribution in [-0.2, 0) is 27.5 Å². The number of carbonyl (C=O) groups excluding carboxylic acids is 4. The van der Waals surface area contributed by atoms with Crippen LogP contribution in [0, 0.1) is 13.8 Å². The number of benzene rings is 2. The fraction of sp³-hybridized carbons (Fsp3) is 0.304. The van der Waals surface area contributed by atoms with Crippen molar-refractivity contribution in [2.75, 3.05) is 5.32 Å². The number of nitrogens with zero attached hydrogens (tertiary/aromatic N) is 1. The molecule has 1 atom stereocenters. The molecule has 9 heteroatoms. The summed E-state index contributed by atoms with van der Waals surface area (Å²) in [6.45, 7) is 4.02. The molecule has 32 heavy (non-hydrogen) atoms. The average molecular weight is 456 g/mol. The van der Waals surface area contributed by atoms with E-state index in [0.29, 0.717) is 34.8 Å². The van der Waals surface area contributed by atoms with Gasteiger partial charge in [-0.15, -0.1) is 0 Å². The van der Waals surface area contributed by atoms with E-state index in [-0.39, 0.29) is 24.8 Å². The van der Waals surface area contributed by atoms with E-state index in [1.165, 1.54) is 4.90 Å². The lowest BCUT2D eigenvalue weighted by Gasteiger charge is -2.29. The number of fused-ring (bicyclic) bond motifs is 1. The number of rotatable bonds is 4. The number of aryl methyl sites for hydroxylation is 2. The summed E-state index contributed by atoms with van der Waals surface area (Å²) in [5.41, 5.74) is 4.25. The van der Waals surface area contributed by atoms with Crippen LogP contribution in [0.2, 0.25) is 5.02 Å². The van der Waals surface area contributed by atoms with Gasteiger partial charge >= 0.3 is 6.09 Å². The Labute approximate surface area is 189 Å². The average Bonchev–Trinajstić information content (AvgIpc) is 3.06. The van der Waals surface area contributed by atoms with Gasteiger partial charge in [0.05, 0.1) is 0 Å². The van der Waals surface area contributed by atoms with Crippen molar-refractivity contribution in [3.8, 4) is 0 Å². The zero-order valence-electron chi connectivity index (χ0n) is 17.7. The zero-order valence-corrected chi connectivity index (χ0v) is 18.4. The van der Waals surface area contributed by atoms with Crippen molar-refractivity contribution in [3.63, 3.8) is 0 Å². The Hall–Kier alpha value is -3.39. The van der Waals surface area contributed by atoms with Crippen LogP contribution in [0.15, 0.2) is 30.3 Å². The normalized spacial score (nSPS) is 17.8. The van der Waals surface area contributed by atoms with Crippen molar-refractivity contribution in [3.05, 3.63) is 63.2 Å². The minimum Gasteiger partial charge on any atom is -0.444 e. The van der Waals surface area contributed by atoms with E-state index in [9.17, 15) is 19.2 Å². The van der Waals surface area contributed by atoms with Crippen LogP contribution in [0.25, 0.3) is 0 Å². The monoisotopic (exact) mass is 455 g/mol. The number of carbonyl (C=O) groups is 4. The predicted molar refractivity (Wildman–Crippen MR) is 117 cm³/mol. The molecule has 1 fully saturated rings. The molecule has 0 aliphatic carbocycles. The zero-order chi connectivity index (χ0) is 23.0. The smallest absolute Gasteiger partial charge is 0.411 e. The molecule has 2 aliphatic rings. The number of halogens is 1. The summed E-state index contributed by atoms with van der Waals surface area (Å²) in [4.78, 5) is 50.1. The lowest BCUT2D eigenvalue weighted by atomic mass is 10.0. The molecule has 2 aliphatic heterocycles. The number of hydrogen-bond acceptors (Lipinski definition) is 5. The maximum absolute atomic E-state index is 12.9. The number of imide groups is 1. The third-order valence-corrected chi connectivity index (χ3v) is 6.11. The molecule has 0 bridgehead atoms. The Bertz CT molecular complexity index is 1150. The van der Waals surface area contributed by atoms with Gasteiger partial charge in [0.15, 0.2) is 0 Å². The number of piperidine rings is 1. The topological polar surface area (TPSA) is 105 Å². The first-order valence-corrected chi connectivity index (χ1v) is 10.6. The van der Waals surface area contributed by atoms with Gasteiger partial charge in [-0.3, -0.25) is 25.0 Å². The first-order valence-electron chi connectivity index (χ1n) is 10.2. The Kier molecular flexibility index (Phi) is 5.88. The van der Waals surface area contributed by atoms with Crippen LogP contribution in [0.5, 0.6) is 0 Å². The maximum atomic E-state index is 12.9. The standard InChI is InChI=1S/C23H22ClN3O5/c1-12-7-13(2)18(9-17(12)24)25-23(31)32-11-14-3-4-15-10-27(22(30)16(15)8-14)19-5-6-20(28)26-21(19)29/h3-4,7-9,19H,5-6,10-11H2,1-2H3,(H,25,31)(H,26,28,29). The molecule has 4 amide bonds. The van der Waals surface area contributed by atoms with Crippen LogP contribution in [-0.4, -0.2) is 34.8 Å². The third kappa shape index (κ3) is 4.31. The quantitative estimate of drug-likeness (QED) is 0.687. The fourth-order valence-electron chi connectivity index (χ4n) is 3.95. The highest BCUT2D eigenvalue weighted by Gasteiger charge is 2.39. The molecule has 2 aromatic carbocycles. The van der Waals surface area contributed by atoms with E-state index in [0.717, 1.165) is 16.7 Å². The fourth-order valence-corrected chi connectivity index (χ4v) is 4.11. The number of ether oxygens (including phenoxy) is 1. The molecule has 2 N–H and O–H groups in total. The number of amides is 4. The van der Waals surface area contributed by atoms with Gasteiger partial charge in [-0.05, 0) is 54.7 Å². The summed E-state index contributed by atoms with van der Waals surface area (Å²) >= 11 is 6.12. The van der Waals surface area contributed by atoms with E-state index in [1.54, 1.807) is 24.3 Å². The van der Waals surface area contributed by atoms with Crippen molar-refractivity contribution in [2.24, 2.45) is 0 Å². The van der Waals surface area contributed by atoms with Gasteiger partial charge < -0.3 is 9.64 Å². The molecule has 0 spiro atoms. The molecule has 0 aromatic heterocycles. The van der Waals surface area contributed by atoms with Crippen molar-refractivity contribution < 1.29 is 23.9 Å². The summed E-state index contributed by atoms with van der Waals surface area (Å²) in [5, 5.41) is 5.50. The molecule has 0 radical (unpaired) electrons. The van der Waals surface area contributed by atoms with E-state index in [1.807, 2.05) is 19.9 Å². The summed E-state index contributed by atoms with van der Waals surface area (Å²) in [7, 11) is 0. The second-order valence-electron chi connectivity index (χ2n) is 8.01. The van der Waals surface area contributed by atoms with Gasteiger partial charge in [0.1, 0.15) is 12.6 Å². The molecule has 1 saturated heterocycles. The maximum Gasteiger partial charge on any atom is 0.411 e. The Balaban J connectivity index is 1.40. The second-order valence-corrected chi connectivity index (χ2v) is 8.42. The molecule has 2 heterocycles. The molecule has 166 valence electrons. The molecule has 0 saturated carbocycles. The largest absolute Gasteiger partial charge is 0.444 e. The van der Waals surface area contributed by atoms with Gasteiger partial charge in [-0.2, -0.15) is 0 Å². The molecule has 8 nitrogen and oxygen atoms in total. The van der Waals surface area contributed by atoms with Crippen LogP contribution in [0.3, 0.4) is 0 Å². The minimum atomic E-state index is -0.664. The van der Waals surface area contributed by atoms with E-state index < -0.39 is 18.0 Å². The summed E-state index contributed by atoms with van der Waals surface area (Å²) in [5.74, 6) is -1.05. The first-order chi connectivity index (χ1) is 15.2. The van der Waals surface area contributed by atoms with E-state index in [2.05, 4.69) is 10.6 Å². The molecular weight excluding hydrogens is 434 g/mol. The van der Waals surface area contributed by atoms with Gasteiger partial charge in [0.2, 0.25) is 11.8 Å². The SMILES string of the molecule is Cc1cc(C)c(NC(=O)OCc2ccc3c(c2)C(=O)N(C2CCC(=O)NC2=O)C3)cc1Cl. The first kappa shape index (κ1) is 21.8.